The lowest BCUT2D eigenvalue weighted by molar-refractivity contribution is -0.129. The van der Waals surface area contributed by atoms with E-state index in [1.54, 1.807) is 0 Å². The molecule has 0 heterocycles. The summed E-state index contributed by atoms with van der Waals surface area (Å²) >= 11 is 0. The Morgan fingerprint density at radius 3 is 2.92 bits per heavy atom. The number of ketones is 1. The molecule has 4 atom stereocenters. The van der Waals surface area contributed by atoms with Gasteiger partial charge in [-0.05, 0) is 73.1 Å². The van der Waals surface area contributed by atoms with Crippen LogP contribution in [0.1, 0.15) is 56.1 Å². The van der Waals surface area contributed by atoms with E-state index in [-0.39, 0.29) is 5.41 Å². The standard InChI is InChI=1S/C21H24O3/c1-3-20(23)24-14-5-7-15-13(12-14)4-6-17-16(15)10-11-21(2)18(17)8-9-19(21)22/h3,5,7,12,16-18H,1,4,6,8-11H2,2H3/t16-,17-,18+,21+/m1/s1. The third kappa shape index (κ3) is 2.25. The molecule has 2 saturated carbocycles. The number of carbonyl (C=O) groups is 2. The van der Waals surface area contributed by atoms with Crippen LogP contribution in [0.5, 0.6) is 5.75 Å². The summed E-state index contributed by atoms with van der Waals surface area (Å²) in [6, 6.07) is 6.05. The van der Waals surface area contributed by atoms with Gasteiger partial charge in [-0.25, -0.2) is 4.79 Å². The first kappa shape index (κ1) is 15.6. The second-order valence-electron chi connectivity index (χ2n) is 7.82. The molecule has 3 nitrogen and oxygen atoms in total. The number of Topliss-reactive ketones (excluding diaryl/α,β-unsaturated/α-hetero) is 1. The molecule has 3 aliphatic carbocycles. The number of benzene rings is 1. The van der Waals surface area contributed by atoms with Gasteiger partial charge in [-0.3, -0.25) is 4.79 Å². The normalized spacial score (nSPS) is 34.0. The minimum absolute atomic E-state index is 0.0713. The van der Waals surface area contributed by atoms with E-state index < -0.39 is 5.97 Å². The van der Waals surface area contributed by atoms with Crippen LogP contribution in [0.15, 0.2) is 30.9 Å². The van der Waals surface area contributed by atoms with E-state index >= 15 is 0 Å². The largest absolute Gasteiger partial charge is 0.423 e. The van der Waals surface area contributed by atoms with Crippen LogP contribution in [-0.4, -0.2) is 11.8 Å². The smallest absolute Gasteiger partial charge is 0.335 e. The highest BCUT2D eigenvalue weighted by molar-refractivity contribution is 5.87. The fourth-order valence-corrected chi connectivity index (χ4v) is 5.55. The highest BCUT2D eigenvalue weighted by Gasteiger charge is 2.54. The lowest BCUT2D eigenvalue weighted by atomic mass is 9.55. The molecule has 3 aliphatic rings. The molecule has 126 valence electrons. The fourth-order valence-electron chi connectivity index (χ4n) is 5.55. The molecular formula is C21H24O3. The van der Waals surface area contributed by atoms with Crippen molar-refractivity contribution in [3.8, 4) is 5.75 Å². The molecule has 0 N–H and O–H groups in total. The molecule has 0 saturated heterocycles. The number of hydrogen-bond acceptors (Lipinski definition) is 3. The Morgan fingerprint density at radius 2 is 2.12 bits per heavy atom. The number of carbonyl (C=O) groups excluding carboxylic acids is 2. The molecule has 0 radical (unpaired) electrons. The molecule has 0 aromatic heterocycles. The van der Waals surface area contributed by atoms with Gasteiger partial charge in [0.05, 0.1) is 0 Å². The van der Waals surface area contributed by atoms with Gasteiger partial charge in [-0.2, -0.15) is 0 Å². The molecule has 24 heavy (non-hydrogen) atoms. The average Bonchev–Trinajstić information content (AvgIpc) is 2.89. The molecule has 4 rings (SSSR count). The van der Waals surface area contributed by atoms with Crippen LogP contribution in [0.3, 0.4) is 0 Å². The molecule has 1 aromatic rings. The van der Waals surface area contributed by atoms with Gasteiger partial charge >= 0.3 is 5.97 Å². The molecule has 0 spiro atoms. The maximum atomic E-state index is 12.4. The number of aryl methyl sites for hydroxylation is 1. The number of fused-ring (bicyclic) bond motifs is 5. The van der Waals surface area contributed by atoms with Crippen molar-refractivity contribution in [3.05, 3.63) is 42.0 Å². The van der Waals surface area contributed by atoms with E-state index in [9.17, 15) is 9.59 Å². The van der Waals surface area contributed by atoms with Crippen LogP contribution in [-0.2, 0) is 16.0 Å². The predicted molar refractivity (Wildman–Crippen MR) is 91.9 cm³/mol. The summed E-state index contributed by atoms with van der Waals surface area (Å²) in [7, 11) is 0. The summed E-state index contributed by atoms with van der Waals surface area (Å²) in [5.74, 6) is 2.42. The Hall–Kier alpha value is -1.90. The van der Waals surface area contributed by atoms with E-state index in [0.717, 1.165) is 38.5 Å². The van der Waals surface area contributed by atoms with E-state index in [1.165, 1.54) is 17.2 Å². The minimum Gasteiger partial charge on any atom is -0.423 e. The summed E-state index contributed by atoms with van der Waals surface area (Å²) in [5.41, 5.74) is 2.64. The summed E-state index contributed by atoms with van der Waals surface area (Å²) in [5, 5.41) is 0. The topological polar surface area (TPSA) is 43.4 Å². The summed E-state index contributed by atoms with van der Waals surface area (Å²) in [6.07, 6.45) is 7.30. The van der Waals surface area contributed by atoms with Gasteiger partial charge in [-0.15, -0.1) is 0 Å². The van der Waals surface area contributed by atoms with E-state index in [1.807, 2.05) is 12.1 Å². The number of esters is 1. The van der Waals surface area contributed by atoms with Crippen LogP contribution < -0.4 is 4.74 Å². The van der Waals surface area contributed by atoms with Crippen molar-refractivity contribution in [2.45, 2.75) is 51.4 Å². The molecular weight excluding hydrogens is 300 g/mol. The van der Waals surface area contributed by atoms with Crippen molar-refractivity contribution in [2.24, 2.45) is 17.3 Å². The highest BCUT2D eigenvalue weighted by Crippen LogP contribution is 2.59. The molecule has 1 aromatic carbocycles. The molecule has 0 unspecified atom stereocenters. The van der Waals surface area contributed by atoms with Crippen LogP contribution in [0.4, 0.5) is 0 Å². The zero-order chi connectivity index (χ0) is 16.9. The quantitative estimate of drug-likeness (QED) is 0.465. The molecule has 2 fully saturated rings. The SMILES string of the molecule is C=CC(=O)Oc1ccc2c(c1)CC[C@@H]1[C@@H]2CC[C@]2(C)C(=O)CC[C@@H]12. The second-order valence-corrected chi connectivity index (χ2v) is 7.82. The Balaban J connectivity index is 1.62. The zero-order valence-corrected chi connectivity index (χ0v) is 14.2. The van der Waals surface area contributed by atoms with Crippen molar-refractivity contribution in [2.75, 3.05) is 0 Å². The Morgan fingerprint density at radius 1 is 1.29 bits per heavy atom. The van der Waals surface area contributed by atoms with Crippen molar-refractivity contribution >= 4 is 11.8 Å². The van der Waals surface area contributed by atoms with Gasteiger partial charge < -0.3 is 4.74 Å². The molecule has 0 bridgehead atoms. The van der Waals surface area contributed by atoms with Crippen LogP contribution in [0.25, 0.3) is 0 Å². The van der Waals surface area contributed by atoms with Gasteiger partial charge in [0, 0.05) is 17.9 Å². The Labute approximate surface area is 143 Å². The number of rotatable bonds is 2. The second kappa shape index (κ2) is 5.58. The Bertz CT molecular complexity index is 720. The lowest BCUT2D eigenvalue weighted by Crippen LogP contribution is -2.42. The summed E-state index contributed by atoms with van der Waals surface area (Å²) in [6.45, 7) is 5.64. The maximum Gasteiger partial charge on any atom is 0.335 e. The molecule has 0 amide bonds. The van der Waals surface area contributed by atoms with E-state index in [4.69, 9.17) is 4.74 Å². The van der Waals surface area contributed by atoms with Crippen molar-refractivity contribution in [1.29, 1.82) is 0 Å². The van der Waals surface area contributed by atoms with Crippen LogP contribution in [0.2, 0.25) is 0 Å². The molecule has 0 aliphatic heterocycles. The minimum atomic E-state index is -0.415. The first-order chi connectivity index (χ1) is 11.5. The fraction of sp³-hybridized carbons (Fsp3) is 0.524. The maximum absolute atomic E-state index is 12.4. The number of hydrogen-bond donors (Lipinski definition) is 0. The summed E-state index contributed by atoms with van der Waals surface area (Å²) < 4.78 is 5.26. The van der Waals surface area contributed by atoms with Crippen molar-refractivity contribution < 1.29 is 14.3 Å². The van der Waals surface area contributed by atoms with Gasteiger partial charge in [0.15, 0.2) is 0 Å². The van der Waals surface area contributed by atoms with Gasteiger partial charge in [-0.1, -0.05) is 19.6 Å². The zero-order valence-electron chi connectivity index (χ0n) is 14.2. The third-order valence-corrected chi connectivity index (χ3v) is 6.79. The lowest BCUT2D eigenvalue weighted by Gasteiger charge is -2.48. The van der Waals surface area contributed by atoms with E-state index in [0.29, 0.717) is 29.3 Å². The van der Waals surface area contributed by atoms with E-state index in [2.05, 4.69) is 19.6 Å². The summed E-state index contributed by atoms with van der Waals surface area (Å²) in [4.78, 5) is 23.8. The monoisotopic (exact) mass is 324 g/mol. The first-order valence-electron chi connectivity index (χ1n) is 9.03. The van der Waals surface area contributed by atoms with Crippen LogP contribution >= 0.6 is 0 Å². The van der Waals surface area contributed by atoms with Gasteiger partial charge in [0.25, 0.3) is 0 Å². The van der Waals surface area contributed by atoms with Gasteiger partial charge in [0.1, 0.15) is 11.5 Å². The van der Waals surface area contributed by atoms with Crippen LogP contribution in [0, 0.1) is 17.3 Å². The number of ether oxygens (including phenoxy) is 1. The first-order valence-corrected chi connectivity index (χ1v) is 9.03. The average molecular weight is 324 g/mol. The third-order valence-electron chi connectivity index (χ3n) is 6.79. The Kier molecular flexibility index (Phi) is 3.63. The predicted octanol–water partition coefficient (Wildman–Crippen LogP) is 4.20. The highest BCUT2D eigenvalue weighted by atomic mass is 16.5. The van der Waals surface area contributed by atoms with Crippen molar-refractivity contribution in [1.82, 2.24) is 0 Å². The van der Waals surface area contributed by atoms with Crippen molar-refractivity contribution in [3.63, 3.8) is 0 Å². The molecule has 3 heteroatoms. The van der Waals surface area contributed by atoms with Gasteiger partial charge in [0.2, 0.25) is 0 Å².